The van der Waals surface area contributed by atoms with Gasteiger partial charge in [0.1, 0.15) is 0 Å². The van der Waals surface area contributed by atoms with E-state index in [4.69, 9.17) is 0 Å². The zero-order chi connectivity index (χ0) is 15.0. The summed E-state index contributed by atoms with van der Waals surface area (Å²) < 4.78 is 0. The van der Waals surface area contributed by atoms with Crippen LogP contribution in [0.1, 0.15) is 32.1 Å². The highest BCUT2D eigenvalue weighted by Crippen LogP contribution is 2.33. The molecule has 0 saturated heterocycles. The SMILES string of the molecule is C=CC[C@H]1CC(C(O)(CC=C)CC=C)=C[C@@H](CC=C)N1. The van der Waals surface area contributed by atoms with Gasteiger partial charge in [-0.1, -0.05) is 30.4 Å². The van der Waals surface area contributed by atoms with E-state index in [0.29, 0.717) is 18.9 Å². The quantitative estimate of drug-likeness (QED) is 0.628. The summed E-state index contributed by atoms with van der Waals surface area (Å²) in [4.78, 5) is 0. The Kier molecular flexibility index (Phi) is 6.69. The Morgan fingerprint density at radius 1 is 1.10 bits per heavy atom. The van der Waals surface area contributed by atoms with Crippen LogP contribution in [0, 0.1) is 0 Å². The number of hydrogen-bond donors (Lipinski definition) is 2. The summed E-state index contributed by atoms with van der Waals surface area (Å²) in [5.41, 5.74) is 0.222. The smallest absolute Gasteiger partial charge is 0.0926 e. The summed E-state index contributed by atoms with van der Waals surface area (Å²) in [6.45, 7) is 15.1. The van der Waals surface area contributed by atoms with E-state index in [1.165, 1.54) is 0 Å². The first-order valence-electron chi connectivity index (χ1n) is 7.22. The predicted molar refractivity (Wildman–Crippen MR) is 87.6 cm³/mol. The van der Waals surface area contributed by atoms with Gasteiger partial charge in [0.25, 0.3) is 0 Å². The topological polar surface area (TPSA) is 32.3 Å². The van der Waals surface area contributed by atoms with Crippen LogP contribution < -0.4 is 5.32 Å². The van der Waals surface area contributed by atoms with Gasteiger partial charge in [-0.2, -0.15) is 0 Å². The molecule has 0 amide bonds. The van der Waals surface area contributed by atoms with Gasteiger partial charge in [-0.3, -0.25) is 0 Å². The largest absolute Gasteiger partial charge is 0.385 e. The fourth-order valence-electron chi connectivity index (χ4n) is 2.82. The first-order valence-corrected chi connectivity index (χ1v) is 7.22. The van der Waals surface area contributed by atoms with E-state index in [0.717, 1.165) is 24.8 Å². The molecule has 0 aliphatic carbocycles. The molecule has 1 heterocycles. The fourth-order valence-corrected chi connectivity index (χ4v) is 2.82. The zero-order valence-electron chi connectivity index (χ0n) is 12.4. The van der Waals surface area contributed by atoms with Crippen LogP contribution in [0.5, 0.6) is 0 Å². The van der Waals surface area contributed by atoms with Crippen molar-refractivity contribution in [2.45, 2.75) is 49.8 Å². The number of aliphatic hydroxyl groups is 1. The lowest BCUT2D eigenvalue weighted by Crippen LogP contribution is -2.45. The van der Waals surface area contributed by atoms with Gasteiger partial charge in [-0.15, -0.1) is 26.3 Å². The number of nitrogens with one attached hydrogen (secondary N) is 1. The van der Waals surface area contributed by atoms with E-state index >= 15 is 0 Å². The third-order valence-corrected chi connectivity index (χ3v) is 3.75. The van der Waals surface area contributed by atoms with Gasteiger partial charge >= 0.3 is 0 Å². The molecule has 20 heavy (non-hydrogen) atoms. The molecule has 2 nitrogen and oxygen atoms in total. The summed E-state index contributed by atoms with van der Waals surface area (Å²) in [7, 11) is 0. The molecule has 0 aromatic carbocycles. The van der Waals surface area contributed by atoms with Crippen molar-refractivity contribution in [1.29, 1.82) is 0 Å². The normalized spacial score (nSPS) is 22.8. The molecule has 2 N–H and O–H groups in total. The summed E-state index contributed by atoms with van der Waals surface area (Å²) in [5.74, 6) is 0. The third-order valence-electron chi connectivity index (χ3n) is 3.75. The highest BCUT2D eigenvalue weighted by molar-refractivity contribution is 5.26. The highest BCUT2D eigenvalue weighted by atomic mass is 16.3. The average Bonchev–Trinajstić information content (AvgIpc) is 2.40. The summed E-state index contributed by atoms with van der Waals surface area (Å²) in [6.07, 6.45) is 13.2. The maximum absolute atomic E-state index is 10.9. The molecular weight excluding hydrogens is 246 g/mol. The second-order valence-corrected chi connectivity index (χ2v) is 5.43. The lowest BCUT2D eigenvalue weighted by atomic mass is 9.79. The third kappa shape index (κ3) is 4.32. The van der Waals surface area contributed by atoms with Crippen LogP contribution in [0.2, 0.25) is 0 Å². The van der Waals surface area contributed by atoms with Gasteiger partial charge < -0.3 is 10.4 Å². The Bertz CT molecular complexity index is 384. The first kappa shape index (κ1) is 16.7. The van der Waals surface area contributed by atoms with E-state index in [1.807, 2.05) is 12.2 Å². The molecule has 0 aromatic rings. The average molecular weight is 273 g/mol. The standard InChI is InChI=1S/C18H27NO/c1-5-9-16-13-15(14-17(19-16)10-6-2)18(20,11-7-3)12-8-4/h5-8,13,16-17,19-20H,1-4,9-12,14H2/t16-,17+/m1/s1. The lowest BCUT2D eigenvalue weighted by molar-refractivity contribution is 0.0764. The highest BCUT2D eigenvalue weighted by Gasteiger charge is 2.33. The Hall–Kier alpha value is -1.38. The van der Waals surface area contributed by atoms with Crippen LogP contribution >= 0.6 is 0 Å². The van der Waals surface area contributed by atoms with E-state index in [1.54, 1.807) is 12.2 Å². The van der Waals surface area contributed by atoms with Crippen LogP contribution in [0.25, 0.3) is 0 Å². The number of rotatable bonds is 9. The Morgan fingerprint density at radius 2 is 1.70 bits per heavy atom. The van der Waals surface area contributed by atoms with Crippen LogP contribution in [-0.2, 0) is 0 Å². The number of hydrogen-bond acceptors (Lipinski definition) is 2. The van der Waals surface area contributed by atoms with Gasteiger partial charge in [0.2, 0.25) is 0 Å². The van der Waals surface area contributed by atoms with Crippen molar-refractivity contribution >= 4 is 0 Å². The van der Waals surface area contributed by atoms with Crippen LogP contribution in [0.4, 0.5) is 0 Å². The van der Waals surface area contributed by atoms with Crippen molar-refractivity contribution in [1.82, 2.24) is 5.32 Å². The van der Waals surface area contributed by atoms with E-state index in [9.17, 15) is 5.11 Å². The minimum Gasteiger partial charge on any atom is -0.385 e. The van der Waals surface area contributed by atoms with Crippen molar-refractivity contribution < 1.29 is 5.11 Å². The van der Waals surface area contributed by atoms with Gasteiger partial charge in [-0.05, 0) is 37.7 Å². The molecule has 0 unspecified atom stereocenters. The Labute approximate surface area is 123 Å². The summed E-state index contributed by atoms with van der Waals surface area (Å²) in [6, 6.07) is 0.543. The van der Waals surface area contributed by atoms with Crippen LogP contribution in [-0.4, -0.2) is 22.8 Å². The molecule has 0 spiro atoms. The van der Waals surface area contributed by atoms with E-state index in [2.05, 4.69) is 37.7 Å². The van der Waals surface area contributed by atoms with Crippen molar-refractivity contribution in [2.24, 2.45) is 0 Å². The molecule has 2 atom stereocenters. The monoisotopic (exact) mass is 273 g/mol. The van der Waals surface area contributed by atoms with E-state index < -0.39 is 5.60 Å². The molecule has 0 bridgehead atoms. The van der Waals surface area contributed by atoms with E-state index in [-0.39, 0.29) is 6.04 Å². The first-order chi connectivity index (χ1) is 9.59. The molecule has 1 aliphatic heterocycles. The van der Waals surface area contributed by atoms with Crippen molar-refractivity contribution in [3.63, 3.8) is 0 Å². The Balaban J connectivity index is 3.01. The fraction of sp³-hybridized carbons (Fsp3) is 0.444. The zero-order valence-corrected chi connectivity index (χ0v) is 12.4. The van der Waals surface area contributed by atoms with Gasteiger partial charge in [0.05, 0.1) is 5.60 Å². The molecule has 0 radical (unpaired) electrons. The summed E-state index contributed by atoms with van der Waals surface area (Å²) in [5, 5.41) is 14.5. The molecule has 0 aromatic heterocycles. The predicted octanol–water partition coefficient (Wildman–Crippen LogP) is 3.68. The molecule has 1 aliphatic rings. The second kappa shape index (κ2) is 8.03. The van der Waals surface area contributed by atoms with Crippen molar-refractivity contribution in [3.05, 3.63) is 62.3 Å². The molecule has 2 heteroatoms. The van der Waals surface area contributed by atoms with Gasteiger partial charge in [-0.25, -0.2) is 0 Å². The minimum absolute atomic E-state index is 0.224. The molecule has 1 rings (SSSR count). The minimum atomic E-state index is -0.857. The molecule has 110 valence electrons. The van der Waals surface area contributed by atoms with Gasteiger partial charge in [0, 0.05) is 12.1 Å². The maximum atomic E-state index is 10.9. The van der Waals surface area contributed by atoms with Crippen molar-refractivity contribution in [2.75, 3.05) is 0 Å². The second-order valence-electron chi connectivity index (χ2n) is 5.43. The maximum Gasteiger partial charge on any atom is 0.0926 e. The molecule has 0 fully saturated rings. The van der Waals surface area contributed by atoms with Gasteiger partial charge in [0.15, 0.2) is 0 Å². The van der Waals surface area contributed by atoms with Crippen molar-refractivity contribution in [3.8, 4) is 0 Å². The summed E-state index contributed by atoms with van der Waals surface area (Å²) >= 11 is 0. The molecular formula is C18H27NO. The van der Waals surface area contributed by atoms with Crippen LogP contribution in [0.15, 0.2) is 62.3 Å². The Morgan fingerprint density at radius 3 is 2.20 bits per heavy atom. The lowest BCUT2D eigenvalue weighted by Gasteiger charge is -2.37. The molecule has 0 saturated carbocycles. The van der Waals surface area contributed by atoms with Crippen LogP contribution in [0.3, 0.4) is 0 Å².